The van der Waals surface area contributed by atoms with Gasteiger partial charge in [-0.15, -0.1) is 0 Å². The van der Waals surface area contributed by atoms with Gasteiger partial charge in [-0.3, -0.25) is 0 Å². The summed E-state index contributed by atoms with van der Waals surface area (Å²) >= 11 is 2.32. The van der Waals surface area contributed by atoms with Crippen molar-refractivity contribution in [2.75, 3.05) is 42.9 Å². The van der Waals surface area contributed by atoms with Crippen LogP contribution in [0.5, 0.6) is 0 Å². The molecule has 8 heteroatoms. The molecule has 1 N–H and O–H groups in total. The monoisotopic (exact) mass is 491 g/mol. The van der Waals surface area contributed by atoms with E-state index >= 15 is 0 Å². The van der Waals surface area contributed by atoms with Crippen molar-refractivity contribution in [1.29, 1.82) is 0 Å². The van der Waals surface area contributed by atoms with Crippen molar-refractivity contribution in [3.05, 3.63) is 41.6 Å². The second-order valence-corrected chi connectivity index (χ2v) is 7.82. The first-order chi connectivity index (χ1) is 13.7. The van der Waals surface area contributed by atoms with Crippen LogP contribution in [0.3, 0.4) is 0 Å². The minimum absolute atomic E-state index is 0.728. The highest BCUT2D eigenvalue weighted by molar-refractivity contribution is 14.1. The summed E-state index contributed by atoms with van der Waals surface area (Å²) in [7, 11) is 0. The lowest BCUT2D eigenvalue weighted by Gasteiger charge is -2.34. The van der Waals surface area contributed by atoms with Crippen molar-refractivity contribution in [3.8, 4) is 0 Å². The first kappa shape index (κ1) is 19.4. The molecule has 2 aromatic heterocycles. The van der Waals surface area contributed by atoms with Crippen molar-refractivity contribution in [2.24, 2.45) is 0 Å². The number of nitrogens with one attached hydrogen (secondary N) is 1. The first-order valence-corrected chi connectivity index (χ1v) is 11.3. The standard InChI is InChI=1S/C20H26IN7/c1-3-26-7-9-27(10-8-26)20-24-18(17-13-23-28(14-21)19(17)25-20)22-12-16-6-4-5-15(2)11-16/h4-6,11,13H,3,7-10,12,14H2,1-2H3,(H,22,24,25). The molecule has 1 saturated heterocycles. The zero-order valence-corrected chi connectivity index (χ0v) is 18.6. The van der Waals surface area contributed by atoms with E-state index in [0.29, 0.717) is 0 Å². The molecule has 1 aliphatic rings. The van der Waals surface area contributed by atoms with Crippen LogP contribution in [0.15, 0.2) is 30.5 Å². The van der Waals surface area contributed by atoms with Gasteiger partial charge in [-0.1, -0.05) is 59.3 Å². The highest BCUT2D eigenvalue weighted by atomic mass is 127. The molecule has 148 valence electrons. The van der Waals surface area contributed by atoms with Crippen LogP contribution >= 0.6 is 22.6 Å². The highest BCUT2D eigenvalue weighted by Crippen LogP contribution is 2.25. The van der Waals surface area contributed by atoms with E-state index in [1.165, 1.54) is 11.1 Å². The van der Waals surface area contributed by atoms with E-state index in [-0.39, 0.29) is 0 Å². The number of fused-ring (bicyclic) bond motifs is 1. The van der Waals surface area contributed by atoms with Crippen molar-refractivity contribution in [3.63, 3.8) is 0 Å². The Bertz CT molecular complexity index is 947. The van der Waals surface area contributed by atoms with Gasteiger partial charge in [0.1, 0.15) is 5.82 Å². The van der Waals surface area contributed by atoms with Gasteiger partial charge in [-0.2, -0.15) is 15.1 Å². The largest absolute Gasteiger partial charge is 0.365 e. The number of aromatic nitrogens is 4. The van der Waals surface area contributed by atoms with Gasteiger partial charge >= 0.3 is 0 Å². The van der Waals surface area contributed by atoms with E-state index in [1.54, 1.807) is 0 Å². The molecule has 1 fully saturated rings. The molecule has 1 aliphatic heterocycles. The summed E-state index contributed by atoms with van der Waals surface area (Å²) in [5.41, 5.74) is 3.40. The van der Waals surface area contributed by atoms with Gasteiger partial charge < -0.3 is 15.1 Å². The molecule has 1 aromatic carbocycles. The fourth-order valence-corrected chi connectivity index (χ4v) is 4.08. The fraction of sp³-hybridized carbons (Fsp3) is 0.450. The molecule has 0 amide bonds. The minimum Gasteiger partial charge on any atom is -0.365 e. The smallest absolute Gasteiger partial charge is 0.229 e. The van der Waals surface area contributed by atoms with Crippen molar-refractivity contribution >= 4 is 45.4 Å². The summed E-state index contributed by atoms with van der Waals surface area (Å²) in [6.45, 7) is 10.2. The Balaban J connectivity index is 1.63. The molecule has 3 heterocycles. The Kier molecular flexibility index (Phi) is 5.96. The van der Waals surface area contributed by atoms with Gasteiger partial charge in [0.25, 0.3) is 0 Å². The van der Waals surface area contributed by atoms with Gasteiger partial charge in [0.15, 0.2) is 5.65 Å². The van der Waals surface area contributed by atoms with Crippen molar-refractivity contribution < 1.29 is 0 Å². The molecule has 7 nitrogen and oxygen atoms in total. The molecule has 0 spiro atoms. The molecule has 0 unspecified atom stereocenters. The minimum atomic E-state index is 0.728. The maximum Gasteiger partial charge on any atom is 0.229 e. The Labute approximate surface area is 179 Å². The van der Waals surface area contributed by atoms with Crippen molar-refractivity contribution in [1.82, 2.24) is 24.6 Å². The maximum atomic E-state index is 4.89. The van der Waals surface area contributed by atoms with Crippen molar-refractivity contribution in [2.45, 2.75) is 24.9 Å². The van der Waals surface area contributed by atoms with E-state index in [9.17, 15) is 0 Å². The summed E-state index contributed by atoms with van der Waals surface area (Å²) in [5, 5.41) is 8.99. The number of rotatable bonds is 6. The second-order valence-electron chi connectivity index (χ2n) is 7.14. The Morgan fingerprint density at radius 2 is 1.96 bits per heavy atom. The number of alkyl halides is 1. The third-order valence-electron chi connectivity index (χ3n) is 5.24. The second kappa shape index (κ2) is 8.60. The number of likely N-dealkylation sites (N-methyl/N-ethyl adjacent to an activating group) is 1. The van der Waals surface area contributed by atoms with E-state index in [4.69, 9.17) is 9.97 Å². The summed E-state index contributed by atoms with van der Waals surface area (Å²) in [6.07, 6.45) is 1.87. The van der Waals surface area contributed by atoms with Gasteiger partial charge in [0, 0.05) is 32.7 Å². The Morgan fingerprint density at radius 1 is 1.14 bits per heavy atom. The summed E-state index contributed by atoms with van der Waals surface area (Å²) in [5.74, 6) is 1.65. The van der Waals surface area contributed by atoms with Crippen LogP contribution in [-0.2, 0) is 11.1 Å². The zero-order chi connectivity index (χ0) is 19.5. The first-order valence-electron chi connectivity index (χ1n) is 9.74. The topological polar surface area (TPSA) is 62.1 Å². The van der Waals surface area contributed by atoms with Crippen LogP contribution in [0.4, 0.5) is 11.8 Å². The fourth-order valence-electron chi connectivity index (χ4n) is 3.58. The molecule has 28 heavy (non-hydrogen) atoms. The molecule has 0 saturated carbocycles. The number of hydrogen-bond donors (Lipinski definition) is 1. The molecule has 0 atom stereocenters. The van der Waals surface area contributed by atoms with Crippen LogP contribution in [0.2, 0.25) is 0 Å². The Hall–Kier alpha value is -1.94. The molecule has 0 bridgehead atoms. The third-order valence-corrected chi connectivity index (χ3v) is 5.89. The molecular weight excluding hydrogens is 465 g/mol. The SMILES string of the molecule is CCN1CCN(c2nc(NCc3cccc(C)c3)c3cnn(CI)c3n2)CC1. The number of aryl methyl sites for hydroxylation is 1. The van der Waals surface area contributed by atoms with Gasteiger partial charge in [0.2, 0.25) is 5.95 Å². The lowest BCUT2D eigenvalue weighted by molar-refractivity contribution is 0.270. The van der Waals surface area contributed by atoms with Gasteiger partial charge in [0.05, 0.1) is 16.1 Å². The average molecular weight is 491 g/mol. The number of piperazine rings is 1. The summed E-state index contributed by atoms with van der Waals surface area (Å²) in [6, 6.07) is 8.54. The van der Waals surface area contributed by atoms with Crippen LogP contribution in [0.25, 0.3) is 11.0 Å². The third kappa shape index (κ3) is 4.07. The lowest BCUT2D eigenvalue weighted by Crippen LogP contribution is -2.46. The molecule has 0 radical (unpaired) electrons. The number of halogens is 1. The number of benzene rings is 1. The van der Waals surface area contributed by atoms with Gasteiger partial charge in [-0.05, 0) is 19.0 Å². The van der Waals surface area contributed by atoms with E-state index in [0.717, 1.165) is 66.6 Å². The predicted octanol–water partition coefficient (Wildman–Crippen LogP) is 3.28. The number of anilines is 2. The molecule has 4 rings (SSSR count). The summed E-state index contributed by atoms with van der Waals surface area (Å²) < 4.78 is 2.69. The molecule has 3 aromatic rings. The van der Waals surface area contributed by atoms with Gasteiger partial charge in [-0.25, -0.2) is 4.68 Å². The average Bonchev–Trinajstić information content (AvgIpc) is 3.15. The number of nitrogens with zero attached hydrogens (tertiary/aromatic N) is 6. The predicted molar refractivity (Wildman–Crippen MR) is 122 cm³/mol. The quantitative estimate of drug-likeness (QED) is 0.422. The van der Waals surface area contributed by atoms with E-state index < -0.39 is 0 Å². The lowest BCUT2D eigenvalue weighted by atomic mass is 10.1. The van der Waals surface area contributed by atoms with Crippen LogP contribution < -0.4 is 10.2 Å². The van der Waals surface area contributed by atoms with Crippen LogP contribution in [-0.4, -0.2) is 57.4 Å². The van der Waals surface area contributed by atoms with E-state index in [2.05, 4.69) is 80.9 Å². The Morgan fingerprint density at radius 3 is 2.68 bits per heavy atom. The van der Waals surface area contributed by atoms with E-state index in [1.807, 2.05) is 10.9 Å². The zero-order valence-electron chi connectivity index (χ0n) is 16.4. The summed E-state index contributed by atoms with van der Waals surface area (Å²) in [4.78, 5) is 14.5. The maximum absolute atomic E-state index is 4.89. The highest BCUT2D eigenvalue weighted by Gasteiger charge is 2.21. The number of hydrogen-bond acceptors (Lipinski definition) is 6. The van der Waals surface area contributed by atoms with Crippen LogP contribution in [0.1, 0.15) is 18.1 Å². The molecule has 0 aliphatic carbocycles. The normalized spacial score (nSPS) is 15.3. The van der Waals surface area contributed by atoms with Crippen LogP contribution in [0, 0.1) is 6.92 Å². The molecular formula is C20H26IN7.